The first kappa shape index (κ1) is 22.8. The van der Waals surface area contributed by atoms with Crippen molar-refractivity contribution in [2.24, 2.45) is 10.9 Å². The standard InChI is InChI=1S/C21H41N5O2/c1-7-24(6)15-12-23-19(22-5)25-13-10-18(11-14-25)26(16-17-8-9-17)20(27)28-21(2,3)4/h17-18H,7-16H2,1-6H3,(H,22,23). The molecule has 0 unspecified atom stereocenters. The summed E-state index contributed by atoms with van der Waals surface area (Å²) in [6, 6.07) is 0.260. The number of aliphatic imine (C=N–C) groups is 1. The first-order chi connectivity index (χ1) is 13.2. The maximum absolute atomic E-state index is 12.8. The molecule has 1 heterocycles. The van der Waals surface area contributed by atoms with Gasteiger partial charge in [0.05, 0.1) is 0 Å². The summed E-state index contributed by atoms with van der Waals surface area (Å²) in [5.74, 6) is 1.63. The Kier molecular flexibility index (Phi) is 8.40. The number of ether oxygens (including phenoxy) is 1. The van der Waals surface area contributed by atoms with Crippen LogP contribution in [0.15, 0.2) is 4.99 Å². The highest BCUT2D eigenvalue weighted by atomic mass is 16.6. The van der Waals surface area contributed by atoms with Crippen molar-refractivity contribution in [3.05, 3.63) is 0 Å². The van der Waals surface area contributed by atoms with Crippen LogP contribution in [-0.4, -0.2) is 91.8 Å². The molecule has 28 heavy (non-hydrogen) atoms. The number of carbonyl (C=O) groups excluding carboxylic acids is 1. The molecule has 2 rings (SSSR count). The van der Waals surface area contributed by atoms with Crippen LogP contribution in [0.4, 0.5) is 4.79 Å². The molecule has 1 saturated carbocycles. The van der Waals surface area contributed by atoms with E-state index in [1.165, 1.54) is 12.8 Å². The molecular weight excluding hydrogens is 354 g/mol. The SMILES string of the molecule is CCN(C)CCNC(=NC)N1CCC(N(CC2CC2)C(=O)OC(C)(C)C)CC1. The number of nitrogens with zero attached hydrogens (tertiary/aromatic N) is 4. The molecule has 0 aromatic rings. The van der Waals surface area contributed by atoms with E-state index in [9.17, 15) is 4.79 Å². The summed E-state index contributed by atoms with van der Waals surface area (Å²) in [5, 5.41) is 3.47. The average Bonchev–Trinajstić information content (AvgIpc) is 3.46. The van der Waals surface area contributed by atoms with Crippen molar-refractivity contribution in [3.8, 4) is 0 Å². The van der Waals surface area contributed by atoms with Crippen LogP contribution in [-0.2, 0) is 4.74 Å². The molecule has 2 fully saturated rings. The summed E-state index contributed by atoms with van der Waals surface area (Å²) < 4.78 is 5.70. The number of likely N-dealkylation sites (tertiary alicyclic amines) is 1. The Bertz CT molecular complexity index is 519. The van der Waals surface area contributed by atoms with Gasteiger partial charge in [0.2, 0.25) is 0 Å². The lowest BCUT2D eigenvalue weighted by atomic mass is 10.0. The number of nitrogens with one attached hydrogen (secondary N) is 1. The number of carbonyl (C=O) groups is 1. The van der Waals surface area contributed by atoms with Crippen molar-refractivity contribution in [2.45, 2.75) is 65.0 Å². The molecule has 162 valence electrons. The quantitative estimate of drug-likeness (QED) is 0.530. The van der Waals surface area contributed by atoms with E-state index in [2.05, 4.69) is 34.1 Å². The molecule has 1 aliphatic heterocycles. The first-order valence-electron chi connectivity index (χ1n) is 10.9. The third kappa shape index (κ3) is 7.49. The van der Waals surface area contributed by atoms with Gasteiger partial charge in [-0.15, -0.1) is 0 Å². The minimum atomic E-state index is -0.447. The Labute approximate surface area is 171 Å². The second-order valence-corrected chi connectivity index (χ2v) is 9.16. The highest BCUT2D eigenvalue weighted by Crippen LogP contribution is 2.32. The van der Waals surface area contributed by atoms with E-state index in [0.717, 1.165) is 58.1 Å². The molecular formula is C21H41N5O2. The Morgan fingerprint density at radius 2 is 1.86 bits per heavy atom. The maximum atomic E-state index is 12.8. The summed E-state index contributed by atoms with van der Waals surface area (Å²) >= 11 is 0. The van der Waals surface area contributed by atoms with Crippen molar-refractivity contribution >= 4 is 12.1 Å². The lowest BCUT2D eigenvalue weighted by Crippen LogP contribution is -2.53. The number of rotatable bonds is 7. The number of hydrogen-bond donors (Lipinski definition) is 1. The predicted octanol–water partition coefficient (Wildman–Crippen LogP) is 2.63. The van der Waals surface area contributed by atoms with Crippen molar-refractivity contribution in [3.63, 3.8) is 0 Å². The predicted molar refractivity (Wildman–Crippen MR) is 115 cm³/mol. The Morgan fingerprint density at radius 3 is 2.36 bits per heavy atom. The van der Waals surface area contributed by atoms with Crippen molar-refractivity contribution in [1.82, 2.24) is 20.0 Å². The van der Waals surface area contributed by atoms with Crippen LogP contribution in [0.3, 0.4) is 0 Å². The van der Waals surface area contributed by atoms with Crippen molar-refractivity contribution in [1.29, 1.82) is 0 Å². The second-order valence-electron chi connectivity index (χ2n) is 9.16. The van der Waals surface area contributed by atoms with Gasteiger partial charge in [-0.05, 0) is 66.0 Å². The van der Waals surface area contributed by atoms with Gasteiger partial charge in [0.15, 0.2) is 5.96 Å². The first-order valence-corrected chi connectivity index (χ1v) is 10.9. The molecule has 0 atom stereocenters. The number of amides is 1. The third-order valence-corrected chi connectivity index (χ3v) is 5.51. The van der Waals surface area contributed by atoms with Crippen LogP contribution in [0.2, 0.25) is 0 Å². The van der Waals surface area contributed by atoms with Gasteiger partial charge in [-0.1, -0.05) is 6.92 Å². The zero-order chi connectivity index (χ0) is 20.7. The zero-order valence-electron chi connectivity index (χ0n) is 18.8. The normalized spacial score (nSPS) is 19.1. The lowest BCUT2D eigenvalue weighted by molar-refractivity contribution is 0.00928. The van der Waals surface area contributed by atoms with Crippen LogP contribution in [0.1, 0.15) is 53.4 Å². The van der Waals surface area contributed by atoms with Gasteiger partial charge >= 0.3 is 6.09 Å². The molecule has 1 N–H and O–H groups in total. The number of piperidine rings is 1. The number of guanidine groups is 1. The van der Waals surface area contributed by atoms with Gasteiger partial charge in [0.25, 0.3) is 0 Å². The second kappa shape index (κ2) is 10.3. The van der Waals surface area contributed by atoms with Crippen LogP contribution in [0.5, 0.6) is 0 Å². The topological polar surface area (TPSA) is 60.4 Å². The van der Waals surface area contributed by atoms with E-state index in [1.54, 1.807) is 0 Å². The van der Waals surface area contributed by atoms with Crippen LogP contribution in [0.25, 0.3) is 0 Å². The molecule has 1 aliphatic carbocycles. The van der Waals surface area contributed by atoms with Crippen LogP contribution in [0, 0.1) is 5.92 Å². The number of hydrogen-bond acceptors (Lipinski definition) is 4. The largest absolute Gasteiger partial charge is 0.444 e. The van der Waals surface area contributed by atoms with E-state index < -0.39 is 5.60 Å². The average molecular weight is 396 g/mol. The minimum absolute atomic E-state index is 0.150. The summed E-state index contributed by atoms with van der Waals surface area (Å²) in [5.41, 5.74) is -0.447. The van der Waals surface area contributed by atoms with E-state index in [-0.39, 0.29) is 12.1 Å². The van der Waals surface area contributed by atoms with Crippen molar-refractivity contribution < 1.29 is 9.53 Å². The molecule has 7 heteroatoms. The number of likely N-dealkylation sites (N-methyl/N-ethyl adjacent to an activating group) is 1. The highest BCUT2D eigenvalue weighted by molar-refractivity contribution is 5.80. The summed E-state index contributed by atoms with van der Waals surface area (Å²) in [4.78, 5) is 23.8. The smallest absolute Gasteiger partial charge is 0.410 e. The maximum Gasteiger partial charge on any atom is 0.410 e. The molecule has 0 bridgehead atoms. The van der Waals surface area contributed by atoms with Gasteiger partial charge in [0, 0.05) is 45.8 Å². The van der Waals surface area contributed by atoms with Crippen molar-refractivity contribution in [2.75, 3.05) is 53.4 Å². The third-order valence-electron chi connectivity index (χ3n) is 5.51. The Balaban J connectivity index is 1.87. The van der Waals surface area contributed by atoms with Gasteiger partial charge in [0.1, 0.15) is 5.60 Å². The fourth-order valence-corrected chi connectivity index (χ4v) is 3.51. The summed E-state index contributed by atoms with van der Waals surface area (Å²) in [7, 11) is 3.97. The molecule has 0 aromatic heterocycles. The summed E-state index contributed by atoms with van der Waals surface area (Å²) in [6.07, 6.45) is 4.24. The van der Waals surface area contributed by atoms with Gasteiger partial charge in [-0.3, -0.25) is 4.99 Å². The van der Waals surface area contributed by atoms with E-state index >= 15 is 0 Å². The van der Waals surface area contributed by atoms with Gasteiger partial charge in [-0.25, -0.2) is 4.79 Å². The molecule has 7 nitrogen and oxygen atoms in total. The lowest BCUT2D eigenvalue weighted by Gasteiger charge is -2.40. The summed E-state index contributed by atoms with van der Waals surface area (Å²) in [6.45, 7) is 13.6. The van der Waals surface area contributed by atoms with E-state index in [1.807, 2.05) is 32.7 Å². The Hall–Kier alpha value is -1.50. The fraction of sp³-hybridized carbons (Fsp3) is 0.905. The van der Waals surface area contributed by atoms with Crippen LogP contribution < -0.4 is 5.32 Å². The van der Waals surface area contributed by atoms with Gasteiger partial charge in [-0.2, -0.15) is 0 Å². The highest BCUT2D eigenvalue weighted by Gasteiger charge is 2.35. The molecule has 0 radical (unpaired) electrons. The molecule has 1 saturated heterocycles. The fourth-order valence-electron chi connectivity index (χ4n) is 3.51. The molecule has 2 aliphatic rings. The molecule has 0 aromatic carbocycles. The van der Waals surface area contributed by atoms with Gasteiger partial charge < -0.3 is 24.8 Å². The Morgan fingerprint density at radius 1 is 1.21 bits per heavy atom. The monoisotopic (exact) mass is 395 g/mol. The van der Waals surface area contributed by atoms with E-state index in [4.69, 9.17) is 4.74 Å². The zero-order valence-corrected chi connectivity index (χ0v) is 18.8. The molecule has 1 amide bonds. The van der Waals surface area contributed by atoms with Crippen LogP contribution >= 0.6 is 0 Å². The molecule has 0 spiro atoms. The van der Waals surface area contributed by atoms with E-state index in [0.29, 0.717) is 5.92 Å². The minimum Gasteiger partial charge on any atom is -0.444 e.